The Morgan fingerprint density at radius 1 is 1.32 bits per heavy atom. The van der Waals surface area contributed by atoms with Crippen molar-refractivity contribution in [3.05, 3.63) is 30.3 Å². The summed E-state index contributed by atoms with van der Waals surface area (Å²) >= 11 is 0. The Bertz CT molecular complexity index is 409. The van der Waals surface area contributed by atoms with Crippen LogP contribution >= 0.6 is 0 Å². The third kappa shape index (κ3) is 3.94. The molecule has 104 valence electrons. The number of ether oxygens (including phenoxy) is 1. The first-order valence-corrected chi connectivity index (χ1v) is 6.45. The molecule has 3 atom stereocenters. The van der Waals surface area contributed by atoms with Crippen LogP contribution in [0.3, 0.4) is 0 Å². The number of carbonyl (C=O) groups excluding carboxylic acids is 1. The number of nitrogens with one attached hydrogen (secondary N) is 1. The van der Waals surface area contributed by atoms with Gasteiger partial charge in [-0.15, -0.1) is 0 Å². The largest absolute Gasteiger partial charge is 0.484 e. The molecule has 1 aromatic rings. The molecule has 1 aromatic carbocycles. The van der Waals surface area contributed by atoms with Crippen LogP contribution in [-0.4, -0.2) is 41.5 Å². The van der Waals surface area contributed by atoms with Crippen LogP contribution < -0.4 is 10.1 Å². The Morgan fingerprint density at radius 3 is 2.68 bits per heavy atom. The number of hydrogen-bond donors (Lipinski definition) is 3. The van der Waals surface area contributed by atoms with Crippen molar-refractivity contribution >= 4 is 5.91 Å². The summed E-state index contributed by atoms with van der Waals surface area (Å²) in [6, 6.07) is 9.04. The van der Waals surface area contributed by atoms with Gasteiger partial charge in [0.25, 0.3) is 5.91 Å². The highest BCUT2D eigenvalue weighted by atomic mass is 16.5. The zero-order chi connectivity index (χ0) is 13.7. The maximum absolute atomic E-state index is 11.7. The van der Waals surface area contributed by atoms with E-state index in [1.165, 1.54) is 0 Å². The number of amides is 1. The molecule has 0 spiro atoms. The molecule has 0 bridgehead atoms. The highest BCUT2D eigenvalue weighted by Gasteiger charge is 2.33. The van der Waals surface area contributed by atoms with Gasteiger partial charge < -0.3 is 20.3 Å². The van der Waals surface area contributed by atoms with Gasteiger partial charge in [0.2, 0.25) is 0 Å². The van der Waals surface area contributed by atoms with Crippen LogP contribution in [-0.2, 0) is 4.79 Å². The zero-order valence-corrected chi connectivity index (χ0v) is 10.7. The van der Waals surface area contributed by atoms with Gasteiger partial charge in [0.05, 0.1) is 6.10 Å². The Kier molecular flexibility index (Phi) is 4.76. The van der Waals surface area contributed by atoms with Crippen LogP contribution in [0, 0.1) is 5.92 Å². The van der Waals surface area contributed by atoms with Crippen LogP contribution in [0.1, 0.15) is 12.8 Å². The summed E-state index contributed by atoms with van der Waals surface area (Å²) in [7, 11) is 0. The molecule has 1 aliphatic carbocycles. The fourth-order valence-electron chi connectivity index (χ4n) is 2.35. The maximum atomic E-state index is 11.7. The van der Waals surface area contributed by atoms with E-state index in [9.17, 15) is 9.90 Å². The predicted octanol–water partition coefficient (Wildman–Crippen LogP) is 0.313. The number of hydrogen-bond acceptors (Lipinski definition) is 4. The minimum atomic E-state index is -0.537. The SMILES string of the molecule is O=C(COc1ccccc1)N[C@@H]1C[C@H](CO)[C@H](O)C1. The summed E-state index contributed by atoms with van der Waals surface area (Å²) in [5.41, 5.74) is 0. The molecule has 1 saturated carbocycles. The molecule has 3 N–H and O–H groups in total. The molecular weight excluding hydrogens is 246 g/mol. The molecule has 0 saturated heterocycles. The van der Waals surface area contributed by atoms with E-state index in [2.05, 4.69) is 5.32 Å². The highest BCUT2D eigenvalue weighted by molar-refractivity contribution is 5.77. The lowest BCUT2D eigenvalue weighted by atomic mass is 10.1. The molecule has 0 aliphatic heterocycles. The van der Waals surface area contributed by atoms with Crippen molar-refractivity contribution in [2.24, 2.45) is 5.92 Å². The maximum Gasteiger partial charge on any atom is 0.258 e. The first-order chi connectivity index (χ1) is 9.19. The van der Waals surface area contributed by atoms with Crippen LogP contribution in [0.2, 0.25) is 0 Å². The Balaban J connectivity index is 1.73. The molecule has 1 fully saturated rings. The molecule has 5 nitrogen and oxygen atoms in total. The molecular formula is C14H19NO4. The lowest BCUT2D eigenvalue weighted by Crippen LogP contribution is -2.36. The van der Waals surface area contributed by atoms with Crippen molar-refractivity contribution in [2.75, 3.05) is 13.2 Å². The van der Waals surface area contributed by atoms with Gasteiger partial charge in [0, 0.05) is 18.6 Å². The third-order valence-corrected chi connectivity index (χ3v) is 3.37. The fraction of sp³-hybridized carbons (Fsp3) is 0.500. The van der Waals surface area contributed by atoms with E-state index in [1.54, 1.807) is 12.1 Å². The van der Waals surface area contributed by atoms with Crippen molar-refractivity contribution in [3.63, 3.8) is 0 Å². The van der Waals surface area contributed by atoms with Crippen molar-refractivity contribution < 1.29 is 19.7 Å². The van der Waals surface area contributed by atoms with Crippen molar-refractivity contribution in [3.8, 4) is 5.75 Å². The van der Waals surface area contributed by atoms with E-state index in [0.717, 1.165) is 0 Å². The highest BCUT2D eigenvalue weighted by Crippen LogP contribution is 2.25. The summed E-state index contributed by atoms with van der Waals surface area (Å²) in [5, 5.41) is 21.5. The number of carbonyl (C=O) groups is 1. The van der Waals surface area contributed by atoms with Crippen LogP contribution in [0.15, 0.2) is 30.3 Å². The summed E-state index contributed by atoms with van der Waals surface area (Å²) in [5.74, 6) is 0.303. The summed E-state index contributed by atoms with van der Waals surface area (Å²) in [6.07, 6.45) is 0.558. The van der Waals surface area contributed by atoms with E-state index < -0.39 is 6.10 Å². The van der Waals surface area contributed by atoms with E-state index in [4.69, 9.17) is 9.84 Å². The molecule has 19 heavy (non-hydrogen) atoms. The molecule has 0 radical (unpaired) electrons. The van der Waals surface area contributed by atoms with Gasteiger partial charge in [-0.3, -0.25) is 4.79 Å². The Morgan fingerprint density at radius 2 is 2.05 bits per heavy atom. The molecule has 0 heterocycles. The minimum absolute atomic E-state index is 0.0413. The number of aliphatic hydroxyl groups is 2. The normalized spacial score (nSPS) is 26.1. The van der Waals surface area contributed by atoms with E-state index >= 15 is 0 Å². The molecule has 2 rings (SSSR count). The lowest BCUT2D eigenvalue weighted by Gasteiger charge is -2.13. The molecule has 0 aromatic heterocycles. The standard InChI is InChI=1S/C14H19NO4/c16-8-10-6-11(7-13(10)17)15-14(18)9-19-12-4-2-1-3-5-12/h1-5,10-11,13,16-17H,6-9H2,(H,15,18)/t10-,11-,13-/m1/s1. The van der Waals surface area contributed by atoms with Gasteiger partial charge >= 0.3 is 0 Å². The third-order valence-electron chi connectivity index (χ3n) is 3.37. The van der Waals surface area contributed by atoms with Crippen molar-refractivity contribution in [1.82, 2.24) is 5.32 Å². The minimum Gasteiger partial charge on any atom is -0.484 e. The van der Waals surface area contributed by atoms with Crippen LogP contribution in [0.4, 0.5) is 0 Å². The van der Waals surface area contributed by atoms with Crippen LogP contribution in [0.25, 0.3) is 0 Å². The van der Waals surface area contributed by atoms with E-state index in [-0.39, 0.29) is 31.1 Å². The van der Waals surface area contributed by atoms with Gasteiger partial charge in [-0.25, -0.2) is 0 Å². The summed E-state index contributed by atoms with van der Waals surface area (Å²) in [6.45, 7) is -0.0888. The van der Waals surface area contributed by atoms with Gasteiger partial charge in [-0.1, -0.05) is 18.2 Å². The molecule has 1 aliphatic rings. The van der Waals surface area contributed by atoms with E-state index in [1.807, 2.05) is 18.2 Å². The van der Waals surface area contributed by atoms with Gasteiger partial charge in [0.15, 0.2) is 6.61 Å². The van der Waals surface area contributed by atoms with Crippen molar-refractivity contribution in [1.29, 1.82) is 0 Å². The topological polar surface area (TPSA) is 78.8 Å². The van der Waals surface area contributed by atoms with Crippen LogP contribution in [0.5, 0.6) is 5.75 Å². The Labute approximate surface area is 112 Å². The van der Waals surface area contributed by atoms with E-state index in [0.29, 0.717) is 18.6 Å². The lowest BCUT2D eigenvalue weighted by molar-refractivity contribution is -0.123. The zero-order valence-electron chi connectivity index (χ0n) is 10.7. The predicted molar refractivity (Wildman–Crippen MR) is 69.7 cm³/mol. The summed E-state index contributed by atoms with van der Waals surface area (Å²) in [4.78, 5) is 11.7. The monoisotopic (exact) mass is 265 g/mol. The second-order valence-electron chi connectivity index (χ2n) is 4.85. The number of aliphatic hydroxyl groups excluding tert-OH is 2. The molecule has 5 heteroatoms. The number of para-hydroxylation sites is 1. The first kappa shape index (κ1) is 13.8. The second kappa shape index (κ2) is 6.54. The average molecular weight is 265 g/mol. The first-order valence-electron chi connectivity index (χ1n) is 6.45. The van der Waals surface area contributed by atoms with Crippen molar-refractivity contribution in [2.45, 2.75) is 25.0 Å². The summed E-state index contributed by atoms with van der Waals surface area (Å²) < 4.78 is 5.33. The molecule has 0 unspecified atom stereocenters. The van der Waals surface area contributed by atoms with Gasteiger partial charge in [0.1, 0.15) is 5.75 Å². The number of benzene rings is 1. The van der Waals surface area contributed by atoms with Gasteiger partial charge in [-0.05, 0) is 25.0 Å². The average Bonchev–Trinajstić information content (AvgIpc) is 2.77. The second-order valence-corrected chi connectivity index (χ2v) is 4.85. The molecule has 1 amide bonds. The smallest absolute Gasteiger partial charge is 0.258 e. The Hall–Kier alpha value is -1.59. The number of rotatable bonds is 5. The van der Waals surface area contributed by atoms with Gasteiger partial charge in [-0.2, -0.15) is 0 Å². The quantitative estimate of drug-likeness (QED) is 0.716. The fourth-order valence-corrected chi connectivity index (χ4v) is 2.35.